The molecular weight excluding hydrogens is 705 g/mol. The van der Waals surface area contributed by atoms with Crippen LogP contribution in [0.5, 0.6) is 0 Å². The Morgan fingerprint density at radius 3 is 0.638 bits per heavy atom. The first kappa shape index (κ1) is 33.7. The number of benzene rings is 6. The van der Waals surface area contributed by atoms with E-state index >= 15 is 0 Å². The normalized spacial score (nSPS) is 13.4. The van der Waals surface area contributed by atoms with Gasteiger partial charge in [-0.2, -0.15) is 0 Å². The van der Waals surface area contributed by atoms with Gasteiger partial charge in [-0.3, -0.25) is 0 Å². The second kappa shape index (κ2) is 14.9. The van der Waals surface area contributed by atoms with Gasteiger partial charge in [0.05, 0.1) is 0 Å². The van der Waals surface area contributed by atoms with Gasteiger partial charge >= 0.3 is 287 Å². The predicted molar refractivity (Wildman–Crippen MR) is 206 cm³/mol. The molecule has 0 aliphatic rings. The Balaban J connectivity index is 1.99. The quantitative estimate of drug-likeness (QED) is 0.0931. The molecule has 0 aliphatic carbocycles. The molecule has 6 rings (SSSR count). The molecule has 2 nitrogen and oxygen atoms in total. The van der Waals surface area contributed by atoms with E-state index in [2.05, 4.69) is 210 Å². The molecule has 0 atom stereocenters. The molecule has 0 fully saturated rings. The van der Waals surface area contributed by atoms with Gasteiger partial charge in [0, 0.05) is 0 Å². The van der Waals surface area contributed by atoms with Crippen LogP contribution >= 0.6 is 10.9 Å². The summed E-state index contributed by atoms with van der Waals surface area (Å²) in [5.74, 6) is 0. The molecule has 0 saturated carbocycles. The molecule has 0 bridgehead atoms. The average molecular weight is 751 g/mol. The molecular formula is C42H46O2P2Pd. The molecule has 6 aromatic carbocycles. The SMILES string of the molecule is CC(C)[O][Pd]([O]C(C)C)([PH](c1ccccc1)(c1ccccc1)c1ccccc1)[PH](c1ccccc1)(c1ccccc1)c1ccccc1. The number of rotatable bonds is 12. The summed E-state index contributed by atoms with van der Waals surface area (Å²) in [4.78, 5) is 0. The van der Waals surface area contributed by atoms with Crippen LogP contribution in [0.2, 0.25) is 0 Å². The zero-order valence-corrected chi connectivity index (χ0v) is 31.2. The van der Waals surface area contributed by atoms with Crippen molar-refractivity contribution in [2.24, 2.45) is 0 Å². The van der Waals surface area contributed by atoms with Crippen molar-refractivity contribution < 1.29 is 22.2 Å². The second-order valence-corrected chi connectivity index (χ2v) is 34.4. The molecule has 6 aromatic rings. The molecule has 246 valence electrons. The van der Waals surface area contributed by atoms with Crippen molar-refractivity contribution in [2.75, 3.05) is 0 Å². The van der Waals surface area contributed by atoms with Crippen LogP contribution in [0.25, 0.3) is 0 Å². The fourth-order valence-electron chi connectivity index (χ4n) is 6.51. The summed E-state index contributed by atoms with van der Waals surface area (Å²) in [5.41, 5.74) is -6.49. The number of hydrogen-bond acceptors (Lipinski definition) is 2. The van der Waals surface area contributed by atoms with Crippen LogP contribution in [0.15, 0.2) is 182 Å². The van der Waals surface area contributed by atoms with Gasteiger partial charge in [0.15, 0.2) is 0 Å². The van der Waals surface area contributed by atoms with E-state index in [0.717, 1.165) is 0 Å². The maximum absolute atomic E-state index is 8.06. The Hall–Kier alpha value is -3.24. The van der Waals surface area contributed by atoms with E-state index in [9.17, 15) is 0 Å². The molecule has 0 aliphatic heterocycles. The fourth-order valence-corrected chi connectivity index (χ4v) is 57.5. The van der Waals surface area contributed by atoms with Crippen molar-refractivity contribution >= 4 is 42.7 Å². The first-order valence-electron chi connectivity index (χ1n) is 16.3. The molecule has 0 radical (unpaired) electrons. The van der Waals surface area contributed by atoms with Crippen molar-refractivity contribution in [3.8, 4) is 0 Å². The monoisotopic (exact) mass is 750 g/mol. The third-order valence-corrected chi connectivity index (χ3v) is 45.8. The first-order chi connectivity index (χ1) is 23.0. The summed E-state index contributed by atoms with van der Waals surface area (Å²) < 4.78 is 16.1. The van der Waals surface area contributed by atoms with E-state index in [4.69, 9.17) is 6.92 Å². The van der Waals surface area contributed by atoms with Crippen LogP contribution in [0.3, 0.4) is 0 Å². The zero-order chi connectivity index (χ0) is 32.7. The van der Waals surface area contributed by atoms with Crippen LogP contribution in [0.4, 0.5) is 0 Å². The van der Waals surface area contributed by atoms with Crippen molar-refractivity contribution in [3.05, 3.63) is 182 Å². The van der Waals surface area contributed by atoms with Gasteiger partial charge in [0.2, 0.25) is 0 Å². The van der Waals surface area contributed by atoms with Gasteiger partial charge in [-0.15, -0.1) is 0 Å². The van der Waals surface area contributed by atoms with Crippen molar-refractivity contribution in [2.45, 2.75) is 39.9 Å². The standard InChI is InChI=1S/2C18H15P.2C3H7O.Pd/c2*1-4-10-16(11-5-1)19(17-12-6-2-7-13-17)18-14-8-3-9-15-18;2*1-3(2)4;/h2*1-15H;2*3H,1-2H3;/q;;2*-1;/p+2. The van der Waals surface area contributed by atoms with Crippen molar-refractivity contribution in [1.82, 2.24) is 0 Å². The molecule has 0 saturated heterocycles. The zero-order valence-electron chi connectivity index (χ0n) is 27.6. The summed E-state index contributed by atoms with van der Waals surface area (Å²) in [5, 5.41) is 7.89. The topological polar surface area (TPSA) is 18.5 Å². The summed E-state index contributed by atoms with van der Waals surface area (Å²) in [6.45, 7) is 8.81. The Labute approximate surface area is 285 Å². The molecule has 0 heterocycles. The summed E-state index contributed by atoms with van der Waals surface area (Å²) in [6, 6.07) is 67.4. The van der Waals surface area contributed by atoms with E-state index in [1.54, 1.807) is 0 Å². The van der Waals surface area contributed by atoms with Crippen LogP contribution in [0, 0.1) is 0 Å². The van der Waals surface area contributed by atoms with Gasteiger partial charge in [-0.1, -0.05) is 0 Å². The van der Waals surface area contributed by atoms with Crippen molar-refractivity contribution in [1.29, 1.82) is 0 Å². The molecule has 0 unspecified atom stereocenters. The summed E-state index contributed by atoms with van der Waals surface area (Å²) in [7, 11) is 0. The van der Waals surface area contributed by atoms with Gasteiger partial charge in [-0.05, 0) is 0 Å². The summed E-state index contributed by atoms with van der Waals surface area (Å²) in [6.07, 6.45) is -0.173. The van der Waals surface area contributed by atoms with Crippen LogP contribution < -0.4 is 31.8 Å². The average Bonchev–Trinajstić information content (AvgIpc) is 3.11. The van der Waals surface area contributed by atoms with E-state index < -0.39 is 26.2 Å². The molecule has 0 spiro atoms. The summed E-state index contributed by atoms with van der Waals surface area (Å²) >= 11 is -3.85. The van der Waals surface area contributed by atoms with E-state index in [1.807, 2.05) is 0 Å². The van der Waals surface area contributed by atoms with Crippen LogP contribution in [0.1, 0.15) is 27.7 Å². The molecule has 0 amide bonds. The third kappa shape index (κ3) is 6.01. The first-order valence-corrected chi connectivity index (χ1v) is 25.9. The van der Waals surface area contributed by atoms with Gasteiger partial charge in [0.25, 0.3) is 0 Å². The predicted octanol–water partition coefficient (Wildman–Crippen LogP) is 8.10. The fraction of sp³-hybridized carbons (Fsp3) is 0.143. The van der Waals surface area contributed by atoms with Gasteiger partial charge < -0.3 is 0 Å². The van der Waals surface area contributed by atoms with E-state index in [0.29, 0.717) is 0 Å². The molecule has 5 heteroatoms. The van der Waals surface area contributed by atoms with Gasteiger partial charge in [0.1, 0.15) is 0 Å². The van der Waals surface area contributed by atoms with Crippen LogP contribution in [-0.4, -0.2) is 12.2 Å². The Morgan fingerprint density at radius 2 is 0.489 bits per heavy atom. The maximum atomic E-state index is 8.06. The van der Waals surface area contributed by atoms with E-state index in [1.165, 1.54) is 31.8 Å². The Bertz CT molecular complexity index is 1490. The molecule has 0 aromatic heterocycles. The number of hydrogen-bond donors (Lipinski definition) is 0. The van der Waals surface area contributed by atoms with E-state index in [-0.39, 0.29) is 12.2 Å². The minimum absolute atomic E-state index is 0.0863. The third-order valence-electron chi connectivity index (χ3n) is 8.06. The minimum atomic E-state index is -3.85. The van der Waals surface area contributed by atoms with Crippen molar-refractivity contribution in [3.63, 3.8) is 0 Å². The molecule has 47 heavy (non-hydrogen) atoms. The Morgan fingerprint density at radius 1 is 0.319 bits per heavy atom. The molecule has 0 N–H and O–H groups in total. The van der Waals surface area contributed by atoms with Gasteiger partial charge in [-0.25, -0.2) is 0 Å². The second-order valence-electron chi connectivity index (χ2n) is 12.1. The van der Waals surface area contributed by atoms with Crippen LogP contribution in [-0.2, 0) is 22.2 Å². The Kier molecular flexibility index (Phi) is 10.7.